The predicted molar refractivity (Wildman–Crippen MR) is 68.3 cm³/mol. The molecule has 0 aromatic heterocycles. The SMILES string of the molecule is CSC1CCCCC1NC(=O)N[C@@H](C)C(=O)O. The Balaban J connectivity index is 2.41. The number of carbonyl (C=O) groups is 2. The van der Waals surface area contributed by atoms with Crippen LogP contribution in [0.4, 0.5) is 4.79 Å². The number of hydrogen-bond acceptors (Lipinski definition) is 3. The highest BCUT2D eigenvalue weighted by molar-refractivity contribution is 7.99. The number of rotatable bonds is 4. The van der Waals surface area contributed by atoms with Crippen LogP contribution < -0.4 is 10.6 Å². The first-order chi connectivity index (χ1) is 8.04. The van der Waals surface area contributed by atoms with Crippen LogP contribution in [0.3, 0.4) is 0 Å². The van der Waals surface area contributed by atoms with Crippen molar-refractivity contribution in [2.75, 3.05) is 6.26 Å². The lowest BCUT2D eigenvalue weighted by molar-refractivity contribution is -0.138. The summed E-state index contributed by atoms with van der Waals surface area (Å²) in [5.74, 6) is -1.02. The van der Waals surface area contributed by atoms with Crippen molar-refractivity contribution in [3.05, 3.63) is 0 Å². The molecule has 0 bridgehead atoms. The summed E-state index contributed by atoms with van der Waals surface area (Å²) in [6.45, 7) is 1.45. The molecule has 1 rings (SSSR count). The molecule has 1 aliphatic rings. The Hall–Kier alpha value is -0.910. The highest BCUT2D eigenvalue weighted by atomic mass is 32.2. The van der Waals surface area contributed by atoms with E-state index in [4.69, 9.17) is 5.11 Å². The van der Waals surface area contributed by atoms with Crippen LogP contribution in [0.25, 0.3) is 0 Å². The molecule has 2 unspecified atom stereocenters. The average molecular weight is 260 g/mol. The molecule has 0 spiro atoms. The average Bonchev–Trinajstić information content (AvgIpc) is 2.29. The summed E-state index contributed by atoms with van der Waals surface area (Å²) in [5.41, 5.74) is 0. The standard InChI is InChI=1S/C11H20N2O3S/c1-7(10(14)15)12-11(16)13-8-5-3-4-6-9(8)17-2/h7-9H,3-6H2,1-2H3,(H,14,15)(H2,12,13,16)/t7-,8?,9?/m0/s1. The second kappa shape index (κ2) is 6.74. The van der Waals surface area contributed by atoms with Crippen LogP contribution in [0.5, 0.6) is 0 Å². The minimum Gasteiger partial charge on any atom is -0.480 e. The van der Waals surface area contributed by atoms with Crippen molar-refractivity contribution in [3.63, 3.8) is 0 Å². The summed E-state index contributed by atoms with van der Waals surface area (Å²) < 4.78 is 0. The van der Waals surface area contributed by atoms with Crippen molar-refractivity contribution in [2.45, 2.75) is 49.9 Å². The molecular formula is C11H20N2O3S. The van der Waals surface area contributed by atoms with Crippen LogP contribution in [0, 0.1) is 0 Å². The maximum Gasteiger partial charge on any atom is 0.325 e. The van der Waals surface area contributed by atoms with Gasteiger partial charge in [0.2, 0.25) is 0 Å². The van der Waals surface area contributed by atoms with Crippen molar-refractivity contribution in [2.24, 2.45) is 0 Å². The molecule has 98 valence electrons. The van der Waals surface area contributed by atoms with Crippen LogP contribution >= 0.6 is 11.8 Å². The van der Waals surface area contributed by atoms with Crippen molar-refractivity contribution in [3.8, 4) is 0 Å². The number of carboxylic acids is 1. The van der Waals surface area contributed by atoms with Gasteiger partial charge in [-0.05, 0) is 26.0 Å². The Morgan fingerprint density at radius 1 is 1.35 bits per heavy atom. The minimum atomic E-state index is -1.02. The van der Waals surface area contributed by atoms with E-state index in [1.807, 2.05) is 6.26 Å². The molecular weight excluding hydrogens is 240 g/mol. The van der Waals surface area contributed by atoms with Crippen LogP contribution in [0.1, 0.15) is 32.6 Å². The summed E-state index contributed by atoms with van der Waals surface area (Å²) in [5, 5.41) is 14.4. The molecule has 2 amide bonds. The Morgan fingerprint density at radius 3 is 2.59 bits per heavy atom. The Morgan fingerprint density at radius 2 is 2.00 bits per heavy atom. The topological polar surface area (TPSA) is 78.4 Å². The lowest BCUT2D eigenvalue weighted by Gasteiger charge is -2.31. The Labute approximate surface area is 106 Å². The van der Waals surface area contributed by atoms with Crippen molar-refractivity contribution in [1.82, 2.24) is 10.6 Å². The summed E-state index contributed by atoms with van der Waals surface area (Å²) >= 11 is 1.76. The number of urea groups is 1. The third-order valence-electron chi connectivity index (χ3n) is 3.04. The van der Waals surface area contributed by atoms with Gasteiger partial charge in [0.25, 0.3) is 0 Å². The molecule has 3 N–H and O–H groups in total. The van der Waals surface area contributed by atoms with Crippen LogP contribution in [-0.2, 0) is 4.79 Å². The van der Waals surface area contributed by atoms with Gasteiger partial charge in [0, 0.05) is 11.3 Å². The van der Waals surface area contributed by atoms with E-state index in [0.29, 0.717) is 5.25 Å². The first-order valence-electron chi connectivity index (χ1n) is 5.87. The number of hydrogen-bond donors (Lipinski definition) is 3. The van der Waals surface area contributed by atoms with Crippen molar-refractivity contribution < 1.29 is 14.7 Å². The van der Waals surface area contributed by atoms with E-state index in [2.05, 4.69) is 10.6 Å². The summed E-state index contributed by atoms with van der Waals surface area (Å²) in [7, 11) is 0. The lowest BCUT2D eigenvalue weighted by atomic mass is 9.95. The van der Waals surface area contributed by atoms with E-state index in [1.54, 1.807) is 11.8 Å². The second-order valence-electron chi connectivity index (χ2n) is 4.34. The fraction of sp³-hybridized carbons (Fsp3) is 0.818. The maximum atomic E-state index is 11.6. The molecule has 0 aromatic rings. The van der Waals surface area contributed by atoms with Gasteiger partial charge in [0.15, 0.2) is 0 Å². The highest BCUT2D eigenvalue weighted by Crippen LogP contribution is 2.26. The molecule has 6 heteroatoms. The van der Waals surface area contributed by atoms with E-state index in [-0.39, 0.29) is 12.1 Å². The molecule has 0 saturated heterocycles. The third kappa shape index (κ3) is 4.46. The summed E-state index contributed by atoms with van der Waals surface area (Å²) in [4.78, 5) is 22.2. The Bertz CT molecular complexity index is 286. The smallest absolute Gasteiger partial charge is 0.325 e. The van der Waals surface area contributed by atoms with Gasteiger partial charge < -0.3 is 15.7 Å². The predicted octanol–water partition coefficient (Wildman–Crippen LogP) is 1.43. The molecule has 0 aliphatic heterocycles. The molecule has 0 radical (unpaired) electrons. The number of aliphatic carboxylic acids is 1. The van der Waals surface area contributed by atoms with Gasteiger partial charge in [-0.3, -0.25) is 4.79 Å². The number of thioether (sulfide) groups is 1. The zero-order chi connectivity index (χ0) is 12.8. The molecule has 5 nitrogen and oxygen atoms in total. The maximum absolute atomic E-state index is 11.6. The highest BCUT2D eigenvalue weighted by Gasteiger charge is 2.26. The fourth-order valence-corrected chi connectivity index (χ4v) is 2.95. The molecule has 0 aromatic carbocycles. The van der Waals surface area contributed by atoms with Gasteiger partial charge in [-0.15, -0.1) is 0 Å². The molecule has 3 atom stereocenters. The number of nitrogens with one attached hydrogen (secondary N) is 2. The van der Waals surface area contributed by atoms with Gasteiger partial charge in [0.1, 0.15) is 6.04 Å². The quantitative estimate of drug-likeness (QED) is 0.714. The van der Waals surface area contributed by atoms with Gasteiger partial charge in [0.05, 0.1) is 0 Å². The van der Waals surface area contributed by atoms with Crippen LogP contribution in [0.15, 0.2) is 0 Å². The summed E-state index contributed by atoms with van der Waals surface area (Å²) in [6.07, 6.45) is 6.46. The van der Waals surface area contributed by atoms with E-state index in [9.17, 15) is 9.59 Å². The largest absolute Gasteiger partial charge is 0.480 e. The van der Waals surface area contributed by atoms with Crippen LogP contribution in [-0.4, -0.2) is 40.7 Å². The second-order valence-corrected chi connectivity index (χ2v) is 5.42. The first kappa shape index (κ1) is 14.2. The number of amides is 2. The fourth-order valence-electron chi connectivity index (χ4n) is 2.01. The van der Waals surface area contributed by atoms with E-state index in [1.165, 1.54) is 13.3 Å². The zero-order valence-electron chi connectivity index (χ0n) is 10.2. The van der Waals surface area contributed by atoms with Gasteiger partial charge in [-0.2, -0.15) is 11.8 Å². The van der Waals surface area contributed by atoms with E-state index < -0.39 is 12.0 Å². The number of carbonyl (C=O) groups excluding carboxylic acids is 1. The molecule has 1 saturated carbocycles. The van der Waals surface area contributed by atoms with Crippen molar-refractivity contribution in [1.29, 1.82) is 0 Å². The van der Waals surface area contributed by atoms with Gasteiger partial charge >= 0.3 is 12.0 Å². The first-order valence-corrected chi connectivity index (χ1v) is 7.16. The lowest BCUT2D eigenvalue weighted by Crippen LogP contribution is -2.51. The third-order valence-corrected chi connectivity index (χ3v) is 4.21. The number of carboxylic acid groups (broad SMARTS) is 1. The molecule has 17 heavy (non-hydrogen) atoms. The van der Waals surface area contributed by atoms with Crippen LogP contribution in [0.2, 0.25) is 0 Å². The van der Waals surface area contributed by atoms with Gasteiger partial charge in [-0.25, -0.2) is 4.79 Å². The minimum absolute atomic E-state index is 0.153. The molecule has 1 aliphatic carbocycles. The Kier molecular flexibility index (Phi) is 5.61. The van der Waals surface area contributed by atoms with E-state index >= 15 is 0 Å². The normalized spacial score (nSPS) is 26.0. The summed E-state index contributed by atoms with van der Waals surface area (Å²) in [6, 6.07) is -1.09. The van der Waals surface area contributed by atoms with Crippen molar-refractivity contribution >= 4 is 23.8 Å². The monoisotopic (exact) mass is 260 g/mol. The zero-order valence-corrected chi connectivity index (χ0v) is 11.0. The molecule has 0 heterocycles. The van der Waals surface area contributed by atoms with E-state index in [0.717, 1.165) is 19.3 Å². The van der Waals surface area contributed by atoms with Gasteiger partial charge in [-0.1, -0.05) is 12.8 Å². The molecule has 1 fully saturated rings.